The van der Waals surface area contributed by atoms with Crippen LogP contribution >= 0.6 is 0 Å². The number of hydrogen-bond acceptors (Lipinski definition) is 2. The molecule has 1 unspecified atom stereocenters. The fourth-order valence-corrected chi connectivity index (χ4v) is 2.48. The second-order valence-electron chi connectivity index (χ2n) is 4.78. The largest absolute Gasteiger partial charge is 0.486 e. The molecule has 1 atom stereocenters. The molecule has 0 amide bonds. The Hall–Kier alpha value is -1.96. The number of benzene rings is 2. The van der Waals surface area contributed by atoms with Crippen molar-refractivity contribution in [2.24, 2.45) is 0 Å². The molecular formula is C16H17NO. The zero-order valence-corrected chi connectivity index (χ0v) is 10.5. The van der Waals surface area contributed by atoms with E-state index in [1.54, 1.807) is 0 Å². The Morgan fingerprint density at radius 1 is 1.06 bits per heavy atom. The van der Waals surface area contributed by atoms with Gasteiger partial charge in [0.05, 0.1) is 12.2 Å². The van der Waals surface area contributed by atoms with Gasteiger partial charge in [-0.15, -0.1) is 0 Å². The first kappa shape index (κ1) is 11.1. The molecule has 0 bridgehead atoms. The van der Waals surface area contributed by atoms with Crippen LogP contribution in [0.4, 0.5) is 5.69 Å². The number of hydrogen-bond donors (Lipinski definition) is 0. The molecule has 0 aromatic heterocycles. The van der Waals surface area contributed by atoms with Crippen LogP contribution < -0.4 is 9.64 Å². The van der Waals surface area contributed by atoms with Crippen molar-refractivity contribution >= 4 is 5.69 Å². The molecule has 1 aliphatic rings. The van der Waals surface area contributed by atoms with Crippen molar-refractivity contribution < 1.29 is 4.74 Å². The van der Waals surface area contributed by atoms with Gasteiger partial charge in [-0.1, -0.05) is 42.5 Å². The lowest BCUT2D eigenvalue weighted by molar-refractivity contribution is 0.196. The number of rotatable bonds is 2. The zero-order valence-electron chi connectivity index (χ0n) is 10.5. The van der Waals surface area contributed by atoms with Crippen LogP contribution in [-0.2, 0) is 6.42 Å². The first-order valence-electron chi connectivity index (χ1n) is 6.33. The lowest BCUT2D eigenvalue weighted by Crippen LogP contribution is -2.38. The Bertz CT molecular complexity index is 524. The summed E-state index contributed by atoms with van der Waals surface area (Å²) >= 11 is 0. The number of ether oxygens (including phenoxy) is 1. The van der Waals surface area contributed by atoms with Crippen LogP contribution in [0.25, 0.3) is 0 Å². The second kappa shape index (κ2) is 4.73. The van der Waals surface area contributed by atoms with E-state index in [9.17, 15) is 0 Å². The first-order chi connectivity index (χ1) is 8.83. The van der Waals surface area contributed by atoms with Crippen LogP contribution in [0, 0.1) is 0 Å². The molecule has 0 aliphatic carbocycles. The predicted molar refractivity (Wildman–Crippen MR) is 74.3 cm³/mol. The van der Waals surface area contributed by atoms with Gasteiger partial charge in [0.1, 0.15) is 11.9 Å². The molecule has 18 heavy (non-hydrogen) atoms. The fraction of sp³-hybridized carbons (Fsp3) is 0.250. The number of likely N-dealkylation sites (N-methyl/N-ethyl adjacent to an activating group) is 1. The van der Waals surface area contributed by atoms with E-state index in [1.165, 1.54) is 11.3 Å². The average molecular weight is 239 g/mol. The van der Waals surface area contributed by atoms with Crippen molar-refractivity contribution in [1.82, 2.24) is 0 Å². The fourth-order valence-electron chi connectivity index (χ4n) is 2.48. The molecule has 2 aromatic rings. The maximum atomic E-state index is 6.06. The van der Waals surface area contributed by atoms with Crippen LogP contribution in [0.3, 0.4) is 0 Å². The van der Waals surface area contributed by atoms with E-state index >= 15 is 0 Å². The Kier molecular flexibility index (Phi) is 2.93. The van der Waals surface area contributed by atoms with Crippen molar-refractivity contribution in [1.29, 1.82) is 0 Å². The van der Waals surface area contributed by atoms with E-state index in [0.29, 0.717) is 0 Å². The van der Waals surface area contributed by atoms with Gasteiger partial charge in [0, 0.05) is 13.5 Å². The van der Waals surface area contributed by atoms with Crippen LogP contribution in [0.15, 0.2) is 54.6 Å². The highest BCUT2D eigenvalue weighted by molar-refractivity contribution is 5.59. The van der Waals surface area contributed by atoms with Gasteiger partial charge in [0.2, 0.25) is 0 Å². The van der Waals surface area contributed by atoms with Gasteiger partial charge in [0.25, 0.3) is 0 Å². The lowest BCUT2D eigenvalue weighted by atomic mass is 10.1. The lowest BCUT2D eigenvalue weighted by Gasteiger charge is -2.33. The topological polar surface area (TPSA) is 12.5 Å². The second-order valence-corrected chi connectivity index (χ2v) is 4.78. The SMILES string of the molecule is CN1CC(Cc2ccccc2)Oc2ccccc21. The first-order valence-corrected chi connectivity index (χ1v) is 6.33. The Morgan fingerprint density at radius 3 is 2.61 bits per heavy atom. The zero-order chi connectivity index (χ0) is 12.4. The highest BCUT2D eigenvalue weighted by atomic mass is 16.5. The molecule has 0 spiro atoms. The smallest absolute Gasteiger partial charge is 0.143 e. The van der Waals surface area contributed by atoms with Crippen molar-refractivity contribution in [3.63, 3.8) is 0 Å². The third-order valence-corrected chi connectivity index (χ3v) is 3.35. The highest BCUT2D eigenvalue weighted by Gasteiger charge is 2.22. The van der Waals surface area contributed by atoms with Gasteiger partial charge in [-0.05, 0) is 17.7 Å². The molecule has 1 aliphatic heterocycles. The number of para-hydroxylation sites is 2. The molecule has 2 nitrogen and oxygen atoms in total. The minimum absolute atomic E-state index is 0.229. The summed E-state index contributed by atoms with van der Waals surface area (Å²) in [7, 11) is 2.12. The van der Waals surface area contributed by atoms with Gasteiger partial charge in [-0.3, -0.25) is 0 Å². The summed E-state index contributed by atoms with van der Waals surface area (Å²) in [5, 5.41) is 0. The predicted octanol–water partition coefficient (Wildman–Crippen LogP) is 3.13. The Labute approximate surface area is 108 Å². The van der Waals surface area contributed by atoms with Crippen LogP contribution in [0.2, 0.25) is 0 Å². The van der Waals surface area contributed by atoms with Gasteiger partial charge in [-0.25, -0.2) is 0 Å². The van der Waals surface area contributed by atoms with E-state index < -0.39 is 0 Å². The quantitative estimate of drug-likeness (QED) is 0.798. The molecule has 3 rings (SSSR count). The summed E-state index contributed by atoms with van der Waals surface area (Å²) in [6.45, 7) is 0.936. The Balaban J connectivity index is 1.78. The third-order valence-electron chi connectivity index (χ3n) is 3.35. The summed E-state index contributed by atoms with van der Waals surface area (Å²) in [6, 6.07) is 18.7. The van der Waals surface area contributed by atoms with E-state index in [4.69, 9.17) is 4.74 Å². The van der Waals surface area contributed by atoms with Gasteiger partial charge in [-0.2, -0.15) is 0 Å². The van der Waals surface area contributed by atoms with E-state index in [2.05, 4.69) is 48.3 Å². The van der Waals surface area contributed by atoms with Gasteiger partial charge in [0.15, 0.2) is 0 Å². The summed E-state index contributed by atoms with van der Waals surface area (Å²) in [5.41, 5.74) is 2.51. The maximum Gasteiger partial charge on any atom is 0.143 e. The normalized spacial score (nSPS) is 18.1. The summed E-state index contributed by atoms with van der Waals surface area (Å²) in [5.74, 6) is 0.993. The number of nitrogens with zero attached hydrogens (tertiary/aromatic N) is 1. The molecule has 0 saturated carbocycles. The number of anilines is 1. The average Bonchev–Trinajstić information content (AvgIpc) is 2.40. The van der Waals surface area contributed by atoms with Crippen molar-refractivity contribution in [2.45, 2.75) is 12.5 Å². The van der Waals surface area contributed by atoms with Crippen molar-refractivity contribution in [2.75, 3.05) is 18.5 Å². The van der Waals surface area contributed by atoms with E-state index in [0.717, 1.165) is 18.7 Å². The van der Waals surface area contributed by atoms with Crippen LogP contribution in [0.1, 0.15) is 5.56 Å². The molecule has 0 N–H and O–H groups in total. The van der Waals surface area contributed by atoms with Gasteiger partial charge < -0.3 is 9.64 Å². The van der Waals surface area contributed by atoms with Gasteiger partial charge >= 0.3 is 0 Å². The molecule has 0 radical (unpaired) electrons. The van der Waals surface area contributed by atoms with E-state index in [1.807, 2.05) is 18.2 Å². The van der Waals surface area contributed by atoms with Crippen LogP contribution in [0.5, 0.6) is 5.75 Å². The van der Waals surface area contributed by atoms with Crippen LogP contribution in [-0.4, -0.2) is 19.7 Å². The Morgan fingerprint density at radius 2 is 1.78 bits per heavy atom. The number of fused-ring (bicyclic) bond motifs is 1. The minimum atomic E-state index is 0.229. The maximum absolute atomic E-state index is 6.06. The molecule has 92 valence electrons. The summed E-state index contributed by atoms with van der Waals surface area (Å²) in [4.78, 5) is 2.27. The highest BCUT2D eigenvalue weighted by Crippen LogP contribution is 2.32. The summed E-state index contributed by atoms with van der Waals surface area (Å²) in [6.07, 6.45) is 1.19. The minimum Gasteiger partial charge on any atom is -0.486 e. The molecule has 0 saturated heterocycles. The third kappa shape index (κ3) is 2.19. The molecule has 2 aromatic carbocycles. The molecule has 1 heterocycles. The standard InChI is InChI=1S/C16H17NO/c1-17-12-14(11-13-7-3-2-4-8-13)18-16-10-6-5-9-15(16)17/h2-10,14H,11-12H2,1H3. The molecule has 2 heteroatoms. The van der Waals surface area contributed by atoms with Crippen molar-refractivity contribution in [3.05, 3.63) is 60.2 Å². The monoisotopic (exact) mass is 239 g/mol. The van der Waals surface area contributed by atoms with E-state index in [-0.39, 0.29) is 6.10 Å². The molecule has 0 fully saturated rings. The molecular weight excluding hydrogens is 222 g/mol. The summed E-state index contributed by atoms with van der Waals surface area (Å²) < 4.78 is 6.06. The van der Waals surface area contributed by atoms with Crippen molar-refractivity contribution in [3.8, 4) is 5.75 Å².